The summed E-state index contributed by atoms with van der Waals surface area (Å²) < 4.78 is 10.5. The maximum Gasteiger partial charge on any atom is 0.289 e. The molecule has 2 aromatic carbocycles. The van der Waals surface area contributed by atoms with Gasteiger partial charge in [0.2, 0.25) is 5.91 Å². The highest BCUT2D eigenvalue weighted by atomic mass is 16.5. The first-order valence-electron chi connectivity index (χ1n) is 10.2. The first kappa shape index (κ1) is 20.7. The molecule has 0 bridgehead atoms. The average molecular weight is 419 g/mol. The van der Waals surface area contributed by atoms with Gasteiger partial charge in [-0.3, -0.25) is 14.5 Å². The van der Waals surface area contributed by atoms with Gasteiger partial charge in [0, 0.05) is 37.9 Å². The second kappa shape index (κ2) is 9.49. The first-order valence-corrected chi connectivity index (χ1v) is 10.2. The van der Waals surface area contributed by atoms with E-state index in [-0.39, 0.29) is 11.8 Å². The smallest absolute Gasteiger partial charge is 0.289 e. The molecule has 2 amide bonds. The van der Waals surface area contributed by atoms with Crippen molar-refractivity contribution >= 4 is 17.5 Å². The molecule has 0 unspecified atom stereocenters. The van der Waals surface area contributed by atoms with Crippen LogP contribution < -0.4 is 10.1 Å². The van der Waals surface area contributed by atoms with Crippen LogP contribution in [0.5, 0.6) is 5.75 Å². The maximum atomic E-state index is 13.3. The number of carbonyl (C=O) groups is 2. The summed E-state index contributed by atoms with van der Waals surface area (Å²) in [4.78, 5) is 29.8. The van der Waals surface area contributed by atoms with Gasteiger partial charge in [0.05, 0.1) is 13.4 Å². The van der Waals surface area contributed by atoms with E-state index in [1.165, 1.54) is 6.26 Å². The van der Waals surface area contributed by atoms with Crippen molar-refractivity contribution in [2.75, 3.05) is 38.6 Å². The summed E-state index contributed by atoms with van der Waals surface area (Å²) in [5.41, 5.74) is 1.59. The molecule has 1 aromatic heterocycles. The fourth-order valence-electron chi connectivity index (χ4n) is 3.81. The molecule has 7 heteroatoms. The van der Waals surface area contributed by atoms with Crippen LogP contribution in [0.25, 0.3) is 0 Å². The van der Waals surface area contributed by atoms with Crippen LogP contribution in [0.15, 0.2) is 77.4 Å². The van der Waals surface area contributed by atoms with Crippen molar-refractivity contribution in [2.45, 2.75) is 6.04 Å². The molecule has 1 atom stereocenters. The molecule has 4 rings (SSSR count). The Morgan fingerprint density at radius 3 is 2.42 bits per heavy atom. The number of anilines is 1. The minimum Gasteiger partial charge on any atom is -0.497 e. The van der Waals surface area contributed by atoms with Crippen LogP contribution in [-0.2, 0) is 4.79 Å². The summed E-state index contributed by atoms with van der Waals surface area (Å²) in [6.45, 7) is 2.21. The zero-order valence-electron chi connectivity index (χ0n) is 17.4. The summed E-state index contributed by atoms with van der Waals surface area (Å²) in [5, 5.41) is 3.01. The fourth-order valence-corrected chi connectivity index (χ4v) is 3.81. The number of nitrogens with one attached hydrogen (secondary N) is 1. The molecule has 0 spiro atoms. The Morgan fingerprint density at radius 1 is 0.968 bits per heavy atom. The molecule has 1 fully saturated rings. The number of nitrogens with zero attached hydrogens (tertiary/aromatic N) is 2. The number of hydrogen-bond donors (Lipinski definition) is 1. The second-order valence-electron chi connectivity index (χ2n) is 7.34. The molecule has 1 saturated heterocycles. The van der Waals surface area contributed by atoms with Crippen LogP contribution in [0.2, 0.25) is 0 Å². The molecule has 1 N–H and O–H groups in total. The van der Waals surface area contributed by atoms with Crippen LogP contribution in [-0.4, -0.2) is 54.9 Å². The highest BCUT2D eigenvalue weighted by Crippen LogP contribution is 2.26. The zero-order valence-corrected chi connectivity index (χ0v) is 17.4. The van der Waals surface area contributed by atoms with Gasteiger partial charge in [0.15, 0.2) is 5.76 Å². The van der Waals surface area contributed by atoms with Crippen LogP contribution in [0.3, 0.4) is 0 Å². The third-order valence-corrected chi connectivity index (χ3v) is 5.40. The van der Waals surface area contributed by atoms with Crippen LogP contribution >= 0.6 is 0 Å². The highest BCUT2D eigenvalue weighted by Gasteiger charge is 2.32. The maximum absolute atomic E-state index is 13.3. The van der Waals surface area contributed by atoms with Crippen molar-refractivity contribution in [3.8, 4) is 5.75 Å². The Balaban J connectivity index is 1.49. The van der Waals surface area contributed by atoms with E-state index in [1.807, 2.05) is 48.5 Å². The van der Waals surface area contributed by atoms with Crippen LogP contribution in [0, 0.1) is 0 Å². The summed E-state index contributed by atoms with van der Waals surface area (Å²) in [6.07, 6.45) is 1.50. The van der Waals surface area contributed by atoms with E-state index in [4.69, 9.17) is 9.15 Å². The quantitative estimate of drug-likeness (QED) is 0.663. The lowest BCUT2D eigenvalue weighted by molar-refractivity contribution is -0.122. The normalized spacial score (nSPS) is 15.3. The second-order valence-corrected chi connectivity index (χ2v) is 7.34. The van der Waals surface area contributed by atoms with E-state index in [0.29, 0.717) is 43.4 Å². The van der Waals surface area contributed by atoms with Crippen LogP contribution in [0.4, 0.5) is 5.69 Å². The predicted octanol–water partition coefficient (Wildman–Crippen LogP) is 3.43. The fraction of sp³-hybridized carbons (Fsp3) is 0.250. The Hall–Kier alpha value is -3.58. The largest absolute Gasteiger partial charge is 0.497 e. The van der Waals surface area contributed by atoms with Crippen molar-refractivity contribution in [3.05, 3.63) is 84.3 Å². The lowest BCUT2D eigenvalue weighted by atomic mass is 10.0. The molecule has 0 aliphatic carbocycles. The molecule has 31 heavy (non-hydrogen) atoms. The predicted molar refractivity (Wildman–Crippen MR) is 117 cm³/mol. The zero-order chi connectivity index (χ0) is 21.6. The Bertz CT molecular complexity index is 1010. The van der Waals surface area contributed by atoms with Gasteiger partial charge in [-0.25, -0.2) is 0 Å². The molecule has 0 saturated carbocycles. The standard InChI is InChI=1S/C24H25N3O4/c1-30-20-10-5-9-19(17-20)25-23(28)22(18-7-3-2-4-8-18)26-12-14-27(15-13-26)24(29)21-11-6-16-31-21/h2-11,16-17,22H,12-15H2,1H3,(H,25,28)/t22-/m0/s1. The van der Waals surface area contributed by atoms with Gasteiger partial charge < -0.3 is 19.4 Å². The van der Waals surface area contributed by atoms with Crippen molar-refractivity contribution in [3.63, 3.8) is 0 Å². The number of methoxy groups -OCH3 is 1. The van der Waals surface area contributed by atoms with Gasteiger partial charge in [-0.05, 0) is 29.8 Å². The number of carbonyl (C=O) groups excluding carboxylic acids is 2. The monoisotopic (exact) mass is 419 g/mol. The molecule has 2 heterocycles. The van der Waals surface area contributed by atoms with Gasteiger partial charge in [0.1, 0.15) is 11.8 Å². The summed E-state index contributed by atoms with van der Waals surface area (Å²) >= 11 is 0. The Morgan fingerprint density at radius 2 is 1.74 bits per heavy atom. The number of amides is 2. The average Bonchev–Trinajstić information content (AvgIpc) is 3.35. The van der Waals surface area contributed by atoms with E-state index < -0.39 is 6.04 Å². The molecule has 0 radical (unpaired) electrons. The van der Waals surface area contributed by atoms with E-state index in [9.17, 15) is 9.59 Å². The SMILES string of the molecule is COc1cccc(NC(=O)[C@H](c2ccccc2)N2CCN(C(=O)c3ccco3)CC2)c1. The van der Waals surface area contributed by atoms with Crippen molar-refractivity contribution in [2.24, 2.45) is 0 Å². The van der Waals surface area contributed by atoms with Gasteiger partial charge in [0.25, 0.3) is 5.91 Å². The number of furan rings is 1. The van der Waals surface area contributed by atoms with Crippen molar-refractivity contribution in [1.82, 2.24) is 9.80 Å². The molecule has 160 valence electrons. The Labute approximate surface area is 181 Å². The number of rotatable bonds is 6. The van der Waals surface area contributed by atoms with E-state index in [1.54, 1.807) is 30.2 Å². The van der Waals surface area contributed by atoms with Gasteiger partial charge in [-0.15, -0.1) is 0 Å². The number of piperazine rings is 1. The first-order chi connectivity index (χ1) is 15.2. The Kier molecular flexibility index (Phi) is 6.33. The molecular formula is C24H25N3O4. The number of benzene rings is 2. The highest BCUT2D eigenvalue weighted by molar-refractivity contribution is 5.96. The summed E-state index contributed by atoms with van der Waals surface area (Å²) in [5.74, 6) is 0.773. The number of hydrogen-bond acceptors (Lipinski definition) is 5. The summed E-state index contributed by atoms with van der Waals surface area (Å²) in [7, 11) is 1.59. The molecule has 1 aliphatic rings. The van der Waals surface area contributed by atoms with E-state index in [0.717, 1.165) is 5.56 Å². The topological polar surface area (TPSA) is 75.0 Å². The van der Waals surface area contributed by atoms with Crippen molar-refractivity contribution in [1.29, 1.82) is 0 Å². The third kappa shape index (κ3) is 4.78. The van der Waals surface area contributed by atoms with Gasteiger partial charge in [-0.1, -0.05) is 36.4 Å². The lowest BCUT2D eigenvalue weighted by Crippen LogP contribution is -2.51. The van der Waals surface area contributed by atoms with E-state index in [2.05, 4.69) is 10.2 Å². The summed E-state index contributed by atoms with van der Waals surface area (Å²) in [6, 6.07) is 19.9. The van der Waals surface area contributed by atoms with Gasteiger partial charge in [-0.2, -0.15) is 0 Å². The van der Waals surface area contributed by atoms with Crippen molar-refractivity contribution < 1.29 is 18.7 Å². The molecule has 1 aliphatic heterocycles. The van der Waals surface area contributed by atoms with Crippen LogP contribution in [0.1, 0.15) is 22.2 Å². The lowest BCUT2D eigenvalue weighted by Gasteiger charge is -2.38. The minimum absolute atomic E-state index is 0.120. The molecular weight excluding hydrogens is 394 g/mol. The van der Waals surface area contributed by atoms with Gasteiger partial charge >= 0.3 is 0 Å². The molecule has 7 nitrogen and oxygen atoms in total. The van der Waals surface area contributed by atoms with E-state index >= 15 is 0 Å². The third-order valence-electron chi connectivity index (χ3n) is 5.40. The minimum atomic E-state index is -0.465. The molecule has 3 aromatic rings. The number of ether oxygens (including phenoxy) is 1.